The van der Waals surface area contributed by atoms with Crippen molar-refractivity contribution in [3.05, 3.63) is 35.2 Å². The normalized spacial score (nSPS) is 11.0. The van der Waals surface area contributed by atoms with Gasteiger partial charge in [-0.15, -0.1) is 11.3 Å². The van der Waals surface area contributed by atoms with E-state index in [2.05, 4.69) is 15.0 Å². The molecule has 140 valence electrons. The van der Waals surface area contributed by atoms with Crippen LogP contribution in [0.15, 0.2) is 28.6 Å². The lowest BCUT2D eigenvalue weighted by Gasteiger charge is -2.10. The van der Waals surface area contributed by atoms with Crippen molar-refractivity contribution < 1.29 is 32.2 Å². The Morgan fingerprint density at radius 3 is 2.73 bits per heavy atom. The summed E-state index contributed by atoms with van der Waals surface area (Å²) in [6.45, 7) is 0.0270. The molecule has 0 saturated heterocycles. The van der Waals surface area contributed by atoms with Gasteiger partial charge in [0.05, 0.1) is 16.1 Å². The van der Waals surface area contributed by atoms with Gasteiger partial charge in [0.25, 0.3) is 10.0 Å². The van der Waals surface area contributed by atoms with Gasteiger partial charge in [0.2, 0.25) is 0 Å². The molecule has 10 nitrogen and oxygen atoms in total. The third kappa shape index (κ3) is 4.65. The lowest BCUT2D eigenvalue weighted by Crippen LogP contribution is -2.19. The summed E-state index contributed by atoms with van der Waals surface area (Å²) < 4.78 is 45.3. The highest BCUT2D eigenvalue weighted by Gasteiger charge is 2.22. The zero-order chi connectivity index (χ0) is 19.3. The first-order chi connectivity index (χ1) is 12.2. The van der Waals surface area contributed by atoms with Crippen LogP contribution in [-0.4, -0.2) is 43.7 Å². The second kappa shape index (κ2) is 8.07. The third-order valence-corrected chi connectivity index (χ3v) is 5.05. The first-order valence-electron chi connectivity index (χ1n) is 6.87. The van der Waals surface area contributed by atoms with Crippen molar-refractivity contribution in [2.45, 2.75) is 4.90 Å². The lowest BCUT2D eigenvalue weighted by atomic mass is 10.3. The number of carboxylic acid groups (broad SMARTS) is 1. The Morgan fingerprint density at radius 2 is 2.12 bits per heavy atom. The molecular weight excluding hydrogens is 391 g/mol. The number of thiazole rings is 1. The molecule has 0 aliphatic carbocycles. The lowest BCUT2D eigenvalue weighted by molar-refractivity contribution is 0.0692. The zero-order valence-corrected chi connectivity index (χ0v) is 14.6. The number of rotatable bonds is 7. The van der Waals surface area contributed by atoms with Crippen molar-refractivity contribution in [3.8, 4) is 0 Å². The number of carbonyl (C=O) groups is 2. The van der Waals surface area contributed by atoms with Crippen LogP contribution in [0, 0.1) is 5.82 Å². The van der Waals surface area contributed by atoms with Crippen LogP contribution < -0.4 is 15.8 Å². The monoisotopic (exact) mass is 404 g/mol. The Kier molecular flexibility index (Phi) is 6.07. The molecule has 0 aliphatic rings. The first kappa shape index (κ1) is 19.6. The van der Waals surface area contributed by atoms with Crippen LogP contribution in [0.1, 0.15) is 10.5 Å². The number of benzene rings is 1. The SMILES string of the molecule is NCCOC(=O)Nc1ccc(S(=O)(=O)Nc2scnc2C(=O)O)cc1F. The molecule has 0 unspecified atom stereocenters. The van der Waals surface area contributed by atoms with E-state index >= 15 is 0 Å². The van der Waals surface area contributed by atoms with Crippen molar-refractivity contribution in [1.82, 2.24) is 4.98 Å². The molecule has 0 saturated carbocycles. The van der Waals surface area contributed by atoms with Crippen molar-refractivity contribution in [1.29, 1.82) is 0 Å². The molecular formula is C13H13FN4O6S2. The molecule has 0 aliphatic heterocycles. The predicted octanol–water partition coefficient (Wildman–Crippen LogP) is 1.29. The molecule has 1 amide bonds. The standard InChI is InChI=1S/C13H13FN4O6S2/c14-8-5-7(1-2-9(8)17-13(21)24-4-3-15)26(22,23)18-11-10(12(19)20)16-6-25-11/h1-2,5-6,18H,3-4,15H2,(H,17,21)(H,19,20). The van der Waals surface area contributed by atoms with Crippen molar-refractivity contribution in [2.24, 2.45) is 5.73 Å². The van der Waals surface area contributed by atoms with Crippen molar-refractivity contribution in [2.75, 3.05) is 23.2 Å². The Balaban J connectivity index is 2.20. The van der Waals surface area contributed by atoms with Gasteiger partial charge in [-0.3, -0.25) is 10.0 Å². The number of hydrogen-bond donors (Lipinski definition) is 4. The second-order valence-corrected chi connectivity index (χ2v) is 7.17. The highest BCUT2D eigenvalue weighted by atomic mass is 32.2. The molecule has 13 heteroatoms. The number of nitrogens with zero attached hydrogens (tertiary/aromatic N) is 1. The summed E-state index contributed by atoms with van der Waals surface area (Å²) in [5.41, 5.74) is 5.55. The van der Waals surface area contributed by atoms with Crippen molar-refractivity contribution >= 4 is 44.1 Å². The fourth-order valence-electron chi connectivity index (χ4n) is 1.71. The number of halogens is 1. The van der Waals surface area contributed by atoms with E-state index in [1.165, 1.54) is 0 Å². The summed E-state index contributed by atoms with van der Waals surface area (Å²) in [6, 6.07) is 2.73. The number of carbonyl (C=O) groups excluding carboxylic acids is 1. The van der Waals surface area contributed by atoms with Crippen LogP contribution in [0.4, 0.5) is 19.9 Å². The number of nitrogens with two attached hydrogens (primary N) is 1. The maximum atomic E-state index is 14.1. The van der Waals surface area contributed by atoms with E-state index in [4.69, 9.17) is 10.8 Å². The van der Waals surface area contributed by atoms with Gasteiger partial charge in [-0.1, -0.05) is 0 Å². The smallest absolute Gasteiger partial charge is 0.411 e. The Morgan fingerprint density at radius 1 is 1.38 bits per heavy atom. The van der Waals surface area contributed by atoms with Gasteiger partial charge in [-0.25, -0.2) is 27.4 Å². The first-order valence-corrected chi connectivity index (χ1v) is 9.24. The minimum Gasteiger partial charge on any atom is -0.476 e. The molecule has 1 aromatic carbocycles. The number of carboxylic acids is 1. The summed E-state index contributed by atoms with van der Waals surface area (Å²) in [6.07, 6.45) is -0.946. The number of aromatic nitrogens is 1. The number of nitrogens with one attached hydrogen (secondary N) is 2. The molecule has 5 N–H and O–H groups in total. The Hall–Kier alpha value is -2.77. The maximum Gasteiger partial charge on any atom is 0.411 e. The summed E-state index contributed by atoms with van der Waals surface area (Å²) >= 11 is 0.763. The topological polar surface area (TPSA) is 161 Å². The summed E-state index contributed by atoms with van der Waals surface area (Å²) in [7, 11) is -4.26. The molecule has 0 fully saturated rings. The van der Waals surface area contributed by atoms with Gasteiger partial charge in [0, 0.05) is 6.54 Å². The number of hydrogen-bond acceptors (Lipinski definition) is 8. The average molecular weight is 404 g/mol. The fraction of sp³-hybridized carbons (Fsp3) is 0.154. The zero-order valence-electron chi connectivity index (χ0n) is 12.9. The fourth-order valence-corrected chi connectivity index (χ4v) is 3.72. The average Bonchev–Trinajstić information content (AvgIpc) is 3.02. The van der Waals surface area contributed by atoms with Gasteiger partial charge >= 0.3 is 12.1 Å². The molecule has 1 aromatic heterocycles. The number of ether oxygens (including phenoxy) is 1. The van der Waals surface area contributed by atoms with Crippen LogP contribution >= 0.6 is 11.3 Å². The van der Waals surface area contributed by atoms with Gasteiger partial charge in [-0.05, 0) is 18.2 Å². The number of aromatic carboxylic acids is 1. The second-order valence-electron chi connectivity index (χ2n) is 4.63. The third-order valence-electron chi connectivity index (χ3n) is 2.84. The van der Waals surface area contributed by atoms with E-state index in [9.17, 15) is 22.4 Å². The largest absolute Gasteiger partial charge is 0.476 e. The van der Waals surface area contributed by atoms with Crippen LogP contribution in [0.5, 0.6) is 0 Å². The quantitative estimate of drug-likeness (QED) is 0.537. The molecule has 0 spiro atoms. The van der Waals surface area contributed by atoms with Gasteiger partial charge in [0.1, 0.15) is 17.4 Å². The van der Waals surface area contributed by atoms with Gasteiger partial charge in [-0.2, -0.15) is 0 Å². The van der Waals surface area contributed by atoms with Crippen LogP contribution in [0.25, 0.3) is 0 Å². The molecule has 26 heavy (non-hydrogen) atoms. The molecule has 2 rings (SSSR count). The molecule has 0 atom stereocenters. The van der Waals surface area contributed by atoms with E-state index in [1.54, 1.807) is 0 Å². The molecule has 0 radical (unpaired) electrons. The highest BCUT2D eigenvalue weighted by molar-refractivity contribution is 7.93. The summed E-state index contributed by atoms with van der Waals surface area (Å²) in [5, 5.41) is 10.8. The van der Waals surface area contributed by atoms with Gasteiger partial charge in [0.15, 0.2) is 5.69 Å². The maximum absolute atomic E-state index is 14.1. The van der Waals surface area contributed by atoms with Crippen LogP contribution in [-0.2, 0) is 14.8 Å². The molecule has 1 heterocycles. The van der Waals surface area contributed by atoms with E-state index in [0.717, 1.165) is 29.0 Å². The number of sulfonamides is 1. The van der Waals surface area contributed by atoms with E-state index in [-0.39, 0.29) is 23.8 Å². The Bertz CT molecular complexity index is 930. The minimum atomic E-state index is -4.26. The number of anilines is 2. The van der Waals surface area contributed by atoms with E-state index < -0.39 is 38.5 Å². The predicted molar refractivity (Wildman–Crippen MR) is 90.3 cm³/mol. The van der Waals surface area contributed by atoms with E-state index in [1.807, 2.05) is 4.72 Å². The van der Waals surface area contributed by atoms with Crippen LogP contribution in [0.3, 0.4) is 0 Å². The van der Waals surface area contributed by atoms with Gasteiger partial charge < -0.3 is 15.6 Å². The number of amides is 1. The summed E-state index contributed by atoms with van der Waals surface area (Å²) in [4.78, 5) is 25.4. The Labute approximate surface area is 150 Å². The molecule has 0 bridgehead atoms. The minimum absolute atomic E-state index is 0.0649. The molecule has 2 aromatic rings. The van der Waals surface area contributed by atoms with Crippen LogP contribution in [0.2, 0.25) is 0 Å². The highest BCUT2D eigenvalue weighted by Crippen LogP contribution is 2.25. The van der Waals surface area contributed by atoms with E-state index in [0.29, 0.717) is 6.07 Å². The van der Waals surface area contributed by atoms with Crippen molar-refractivity contribution in [3.63, 3.8) is 0 Å². The summed E-state index contributed by atoms with van der Waals surface area (Å²) in [5.74, 6) is -2.44.